The van der Waals surface area contributed by atoms with Crippen molar-refractivity contribution in [1.29, 1.82) is 0 Å². The highest BCUT2D eigenvalue weighted by Crippen LogP contribution is 2.19. The van der Waals surface area contributed by atoms with Crippen LogP contribution in [0.2, 0.25) is 0 Å². The van der Waals surface area contributed by atoms with Gasteiger partial charge in [0.05, 0.1) is 0 Å². The molecule has 1 aromatic rings. The summed E-state index contributed by atoms with van der Waals surface area (Å²) < 4.78 is 13.6. The molecule has 1 aliphatic rings. The topological polar surface area (TPSA) is 12.0 Å². The molecule has 0 aromatic heterocycles. The van der Waals surface area contributed by atoms with E-state index in [1.165, 1.54) is 18.4 Å². The van der Waals surface area contributed by atoms with Gasteiger partial charge >= 0.3 is 0 Å². The number of halogens is 1. The maximum atomic E-state index is 13.6. The van der Waals surface area contributed by atoms with Crippen molar-refractivity contribution < 1.29 is 4.39 Å². The fourth-order valence-electron chi connectivity index (χ4n) is 2.41. The van der Waals surface area contributed by atoms with Crippen LogP contribution in [-0.4, -0.2) is 13.1 Å². The van der Waals surface area contributed by atoms with Crippen molar-refractivity contribution in [3.05, 3.63) is 35.1 Å². The van der Waals surface area contributed by atoms with E-state index in [0.29, 0.717) is 5.92 Å². The summed E-state index contributed by atoms with van der Waals surface area (Å²) in [4.78, 5) is 0. The minimum Gasteiger partial charge on any atom is -0.316 e. The Kier molecular flexibility index (Phi) is 3.94. The molecule has 88 valence electrons. The molecule has 1 unspecified atom stereocenters. The lowest BCUT2D eigenvalue weighted by atomic mass is 9.91. The van der Waals surface area contributed by atoms with E-state index in [1.54, 1.807) is 6.07 Å². The lowest BCUT2D eigenvalue weighted by molar-refractivity contribution is 0.372. The van der Waals surface area contributed by atoms with E-state index in [4.69, 9.17) is 0 Å². The Morgan fingerprint density at radius 3 is 3.00 bits per heavy atom. The van der Waals surface area contributed by atoms with Gasteiger partial charge < -0.3 is 5.32 Å². The minimum absolute atomic E-state index is 0.0391. The van der Waals surface area contributed by atoms with Gasteiger partial charge in [0.2, 0.25) is 0 Å². The molecule has 1 nitrogen and oxygen atoms in total. The zero-order valence-electron chi connectivity index (χ0n) is 9.93. The van der Waals surface area contributed by atoms with Gasteiger partial charge in [0.15, 0.2) is 0 Å². The molecule has 0 bridgehead atoms. The Morgan fingerprint density at radius 2 is 2.31 bits per heavy atom. The Balaban J connectivity index is 2.06. The number of hydrogen-bond acceptors (Lipinski definition) is 1. The lowest BCUT2D eigenvalue weighted by Crippen LogP contribution is -2.31. The van der Waals surface area contributed by atoms with Crippen LogP contribution in [0.25, 0.3) is 0 Å². The highest BCUT2D eigenvalue weighted by molar-refractivity contribution is 5.25. The monoisotopic (exact) mass is 221 g/mol. The zero-order chi connectivity index (χ0) is 11.4. The molecule has 16 heavy (non-hydrogen) atoms. The third-order valence-corrected chi connectivity index (χ3v) is 3.43. The fraction of sp³-hybridized carbons (Fsp3) is 0.571. The van der Waals surface area contributed by atoms with Crippen molar-refractivity contribution in [2.45, 2.75) is 32.6 Å². The molecule has 2 heteroatoms. The predicted molar refractivity (Wildman–Crippen MR) is 65.1 cm³/mol. The van der Waals surface area contributed by atoms with Gasteiger partial charge in [-0.05, 0) is 61.9 Å². The highest BCUT2D eigenvalue weighted by Gasteiger charge is 2.15. The van der Waals surface area contributed by atoms with Crippen molar-refractivity contribution >= 4 is 0 Å². The van der Waals surface area contributed by atoms with E-state index in [1.807, 2.05) is 12.1 Å². The third kappa shape index (κ3) is 2.82. The number of aryl methyl sites for hydroxylation is 1. The van der Waals surface area contributed by atoms with E-state index in [0.717, 1.165) is 31.5 Å². The molecule has 1 aliphatic heterocycles. The molecule has 0 saturated carbocycles. The van der Waals surface area contributed by atoms with E-state index >= 15 is 0 Å². The molecule has 1 N–H and O–H groups in total. The lowest BCUT2D eigenvalue weighted by Gasteiger charge is -2.23. The van der Waals surface area contributed by atoms with Crippen LogP contribution in [0.15, 0.2) is 18.2 Å². The molecule has 0 amide bonds. The van der Waals surface area contributed by atoms with Crippen molar-refractivity contribution in [2.24, 2.45) is 5.92 Å². The molecule has 1 saturated heterocycles. The molecule has 1 fully saturated rings. The Hall–Kier alpha value is -0.890. The van der Waals surface area contributed by atoms with Gasteiger partial charge in [0.25, 0.3) is 0 Å². The number of nitrogens with one attached hydrogen (secondary N) is 1. The normalized spacial score (nSPS) is 21.0. The molecule has 1 atom stereocenters. The Labute approximate surface area is 97.1 Å². The first-order valence-corrected chi connectivity index (χ1v) is 6.27. The van der Waals surface area contributed by atoms with Gasteiger partial charge in [-0.15, -0.1) is 0 Å². The minimum atomic E-state index is -0.0391. The summed E-state index contributed by atoms with van der Waals surface area (Å²) in [5.41, 5.74) is 2.13. The molecule has 0 aliphatic carbocycles. The Bertz CT molecular complexity index is 343. The summed E-state index contributed by atoms with van der Waals surface area (Å²) >= 11 is 0. The van der Waals surface area contributed by atoms with E-state index in [9.17, 15) is 4.39 Å². The summed E-state index contributed by atoms with van der Waals surface area (Å²) in [6.45, 7) is 4.27. The van der Waals surface area contributed by atoms with Crippen LogP contribution in [-0.2, 0) is 12.8 Å². The van der Waals surface area contributed by atoms with Crippen molar-refractivity contribution in [3.8, 4) is 0 Å². The SMILES string of the molecule is CCc1ccc(F)c(CC2CCCNC2)c1. The second-order valence-electron chi connectivity index (χ2n) is 4.70. The molecule has 2 rings (SSSR count). The van der Waals surface area contributed by atoms with Crippen LogP contribution in [0.3, 0.4) is 0 Å². The molecule has 1 heterocycles. The first-order valence-electron chi connectivity index (χ1n) is 6.27. The first kappa shape index (κ1) is 11.6. The average molecular weight is 221 g/mol. The standard InChI is InChI=1S/C14H20FN/c1-2-11-5-6-14(15)13(8-11)9-12-4-3-7-16-10-12/h5-6,8,12,16H,2-4,7,9-10H2,1H3. The average Bonchev–Trinajstić information content (AvgIpc) is 2.33. The number of hydrogen-bond donors (Lipinski definition) is 1. The molecule has 0 spiro atoms. The van der Waals surface area contributed by atoms with Crippen LogP contribution in [0.4, 0.5) is 4.39 Å². The predicted octanol–water partition coefficient (Wildman–Crippen LogP) is 2.93. The van der Waals surface area contributed by atoms with E-state index < -0.39 is 0 Å². The van der Waals surface area contributed by atoms with Crippen LogP contribution in [0.1, 0.15) is 30.9 Å². The van der Waals surface area contributed by atoms with Gasteiger partial charge in [-0.3, -0.25) is 0 Å². The van der Waals surface area contributed by atoms with Crippen LogP contribution in [0, 0.1) is 11.7 Å². The second kappa shape index (κ2) is 5.44. The Morgan fingerprint density at radius 1 is 1.44 bits per heavy atom. The summed E-state index contributed by atoms with van der Waals surface area (Å²) in [5.74, 6) is 0.568. The number of benzene rings is 1. The van der Waals surface area contributed by atoms with Gasteiger partial charge in [-0.25, -0.2) is 4.39 Å². The maximum Gasteiger partial charge on any atom is 0.126 e. The van der Waals surface area contributed by atoms with E-state index in [-0.39, 0.29) is 5.82 Å². The largest absolute Gasteiger partial charge is 0.316 e. The fourth-order valence-corrected chi connectivity index (χ4v) is 2.41. The number of piperidine rings is 1. The van der Waals surface area contributed by atoms with Crippen LogP contribution < -0.4 is 5.32 Å². The summed E-state index contributed by atoms with van der Waals surface area (Å²) in [5, 5.41) is 3.38. The summed E-state index contributed by atoms with van der Waals surface area (Å²) in [6.07, 6.45) is 4.31. The maximum absolute atomic E-state index is 13.6. The number of rotatable bonds is 3. The highest BCUT2D eigenvalue weighted by atomic mass is 19.1. The first-order chi connectivity index (χ1) is 7.79. The van der Waals surface area contributed by atoms with Crippen LogP contribution in [0.5, 0.6) is 0 Å². The molecular formula is C14H20FN. The van der Waals surface area contributed by atoms with Gasteiger partial charge in [0, 0.05) is 0 Å². The van der Waals surface area contributed by atoms with Crippen molar-refractivity contribution in [1.82, 2.24) is 5.32 Å². The van der Waals surface area contributed by atoms with Crippen molar-refractivity contribution in [3.63, 3.8) is 0 Å². The zero-order valence-corrected chi connectivity index (χ0v) is 9.93. The van der Waals surface area contributed by atoms with Gasteiger partial charge in [-0.2, -0.15) is 0 Å². The van der Waals surface area contributed by atoms with Gasteiger partial charge in [0.1, 0.15) is 5.82 Å². The quantitative estimate of drug-likeness (QED) is 0.827. The molecule has 0 radical (unpaired) electrons. The molecular weight excluding hydrogens is 201 g/mol. The second-order valence-corrected chi connectivity index (χ2v) is 4.70. The summed E-state index contributed by atoms with van der Waals surface area (Å²) in [6, 6.07) is 5.53. The van der Waals surface area contributed by atoms with Crippen LogP contribution >= 0.6 is 0 Å². The smallest absolute Gasteiger partial charge is 0.126 e. The summed E-state index contributed by atoms with van der Waals surface area (Å²) in [7, 11) is 0. The third-order valence-electron chi connectivity index (χ3n) is 3.43. The molecule has 1 aromatic carbocycles. The van der Waals surface area contributed by atoms with E-state index in [2.05, 4.69) is 12.2 Å². The van der Waals surface area contributed by atoms with Crippen molar-refractivity contribution in [2.75, 3.05) is 13.1 Å². The van der Waals surface area contributed by atoms with Gasteiger partial charge in [-0.1, -0.05) is 19.1 Å².